The smallest absolute Gasteiger partial charge is 0.267 e. The summed E-state index contributed by atoms with van der Waals surface area (Å²) in [5.41, 5.74) is 6.45. The van der Waals surface area contributed by atoms with Crippen LogP contribution < -0.4 is 5.43 Å². The zero-order chi connectivity index (χ0) is 16.8. The first kappa shape index (κ1) is 15.6. The topological polar surface area (TPSA) is 54.4 Å². The van der Waals surface area contributed by atoms with Crippen LogP contribution in [-0.4, -0.2) is 16.6 Å². The van der Waals surface area contributed by atoms with Gasteiger partial charge in [0, 0.05) is 17.3 Å². The molecular weight excluding hydrogens is 298 g/mol. The molecule has 1 amide bonds. The zero-order valence-electron chi connectivity index (χ0n) is 13.3. The van der Waals surface area contributed by atoms with Crippen molar-refractivity contribution in [2.45, 2.75) is 6.92 Å². The summed E-state index contributed by atoms with van der Waals surface area (Å²) in [6.07, 6.45) is 1.70. The van der Waals surface area contributed by atoms with E-state index in [1.807, 2.05) is 73.7 Å². The third-order valence-corrected chi connectivity index (χ3v) is 3.50. The molecule has 118 valence electrons. The Bertz CT molecular complexity index is 817. The maximum atomic E-state index is 12.3. The molecule has 1 N–H and O–H groups in total. The highest BCUT2D eigenvalue weighted by atomic mass is 16.2. The molecule has 0 unspecified atom stereocenters. The second kappa shape index (κ2) is 7.33. The fourth-order valence-corrected chi connectivity index (χ4v) is 2.33. The van der Waals surface area contributed by atoms with Crippen LogP contribution >= 0.6 is 0 Å². The van der Waals surface area contributed by atoms with Gasteiger partial charge >= 0.3 is 0 Å². The van der Waals surface area contributed by atoms with Crippen molar-refractivity contribution >= 4 is 11.6 Å². The standard InChI is InChI=1S/C20H17N3O/c1-15-8-7-11-17(14-15)20(24)23-22-19(16-9-3-2-4-10-16)18-12-5-6-13-21-18/h2-14H,1H3,(H,23,24)/b22-19+. The van der Waals surface area contributed by atoms with Gasteiger partial charge in [-0.05, 0) is 31.2 Å². The number of hydrogen-bond donors (Lipinski definition) is 1. The van der Waals surface area contributed by atoms with Crippen LogP contribution in [0.4, 0.5) is 0 Å². The summed E-state index contributed by atoms with van der Waals surface area (Å²) in [5.74, 6) is -0.247. The molecule has 0 radical (unpaired) electrons. The Kier molecular flexibility index (Phi) is 4.77. The Labute approximate surface area is 140 Å². The average molecular weight is 315 g/mol. The van der Waals surface area contributed by atoms with Gasteiger partial charge in [0.15, 0.2) is 0 Å². The van der Waals surface area contributed by atoms with Gasteiger partial charge in [-0.2, -0.15) is 5.10 Å². The number of aromatic nitrogens is 1. The fourth-order valence-electron chi connectivity index (χ4n) is 2.33. The van der Waals surface area contributed by atoms with Crippen molar-refractivity contribution < 1.29 is 4.79 Å². The third kappa shape index (κ3) is 3.73. The molecule has 2 aromatic carbocycles. The number of amides is 1. The Balaban J connectivity index is 1.91. The summed E-state index contributed by atoms with van der Waals surface area (Å²) in [5, 5.41) is 4.32. The van der Waals surface area contributed by atoms with E-state index >= 15 is 0 Å². The molecule has 0 bridgehead atoms. The van der Waals surface area contributed by atoms with Gasteiger partial charge in [0.1, 0.15) is 5.71 Å². The second-order valence-corrected chi connectivity index (χ2v) is 5.35. The number of nitrogens with zero attached hydrogens (tertiary/aromatic N) is 2. The van der Waals surface area contributed by atoms with Gasteiger partial charge in [0.2, 0.25) is 0 Å². The number of carbonyl (C=O) groups excluding carboxylic acids is 1. The lowest BCUT2D eigenvalue weighted by Crippen LogP contribution is -2.21. The van der Waals surface area contributed by atoms with Crippen LogP contribution in [-0.2, 0) is 0 Å². The van der Waals surface area contributed by atoms with E-state index in [2.05, 4.69) is 15.5 Å². The van der Waals surface area contributed by atoms with E-state index in [0.717, 1.165) is 11.1 Å². The third-order valence-electron chi connectivity index (χ3n) is 3.50. The van der Waals surface area contributed by atoms with E-state index < -0.39 is 0 Å². The Morgan fingerprint density at radius 3 is 2.38 bits per heavy atom. The molecule has 4 nitrogen and oxygen atoms in total. The minimum Gasteiger partial charge on any atom is -0.267 e. The summed E-state index contributed by atoms with van der Waals surface area (Å²) in [7, 11) is 0. The van der Waals surface area contributed by atoms with Crippen molar-refractivity contribution in [3.63, 3.8) is 0 Å². The van der Waals surface area contributed by atoms with Crippen LogP contribution in [0.25, 0.3) is 0 Å². The maximum absolute atomic E-state index is 12.3. The van der Waals surface area contributed by atoms with Crippen molar-refractivity contribution in [3.8, 4) is 0 Å². The first-order valence-corrected chi connectivity index (χ1v) is 7.65. The molecule has 1 aromatic heterocycles. The van der Waals surface area contributed by atoms with Crippen LogP contribution in [0.2, 0.25) is 0 Å². The lowest BCUT2D eigenvalue weighted by Gasteiger charge is -2.07. The van der Waals surface area contributed by atoms with Gasteiger partial charge in [-0.15, -0.1) is 0 Å². The van der Waals surface area contributed by atoms with Crippen LogP contribution in [0.1, 0.15) is 27.2 Å². The van der Waals surface area contributed by atoms with Crippen molar-refractivity contribution in [2.24, 2.45) is 5.10 Å². The van der Waals surface area contributed by atoms with Crippen LogP contribution in [0, 0.1) is 6.92 Å². The molecule has 0 aliphatic carbocycles. The van der Waals surface area contributed by atoms with E-state index in [-0.39, 0.29) is 5.91 Å². The SMILES string of the molecule is Cc1cccc(C(=O)N/N=C(\c2ccccc2)c2ccccn2)c1. The molecule has 0 saturated heterocycles. The molecule has 0 aliphatic rings. The van der Waals surface area contributed by atoms with E-state index in [1.54, 1.807) is 12.3 Å². The molecule has 0 spiro atoms. The van der Waals surface area contributed by atoms with Crippen molar-refractivity contribution in [2.75, 3.05) is 0 Å². The predicted molar refractivity (Wildman–Crippen MR) is 95.0 cm³/mol. The molecule has 1 heterocycles. The van der Waals surface area contributed by atoms with E-state index in [9.17, 15) is 4.79 Å². The number of pyridine rings is 1. The lowest BCUT2D eigenvalue weighted by atomic mass is 10.1. The van der Waals surface area contributed by atoms with Crippen LogP contribution in [0.15, 0.2) is 84.1 Å². The van der Waals surface area contributed by atoms with E-state index in [4.69, 9.17) is 0 Å². The highest BCUT2D eigenvalue weighted by Gasteiger charge is 2.10. The number of nitrogens with one attached hydrogen (secondary N) is 1. The van der Waals surface area contributed by atoms with Crippen molar-refractivity contribution in [3.05, 3.63) is 101 Å². The minimum atomic E-state index is -0.247. The lowest BCUT2D eigenvalue weighted by molar-refractivity contribution is 0.0955. The van der Waals surface area contributed by atoms with Gasteiger partial charge in [0.05, 0.1) is 5.69 Å². The summed E-state index contributed by atoms with van der Waals surface area (Å²) in [6, 6.07) is 22.7. The molecule has 3 rings (SSSR count). The largest absolute Gasteiger partial charge is 0.271 e. The molecule has 0 atom stereocenters. The van der Waals surface area contributed by atoms with E-state index in [1.165, 1.54) is 0 Å². The van der Waals surface area contributed by atoms with Crippen LogP contribution in [0.5, 0.6) is 0 Å². The molecule has 0 fully saturated rings. The highest BCUT2D eigenvalue weighted by Crippen LogP contribution is 2.09. The Hall–Kier alpha value is -3.27. The quantitative estimate of drug-likeness (QED) is 0.591. The highest BCUT2D eigenvalue weighted by molar-refractivity contribution is 6.12. The average Bonchev–Trinajstić information content (AvgIpc) is 2.63. The van der Waals surface area contributed by atoms with Gasteiger partial charge in [0.25, 0.3) is 5.91 Å². The normalized spacial score (nSPS) is 11.1. The minimum absolute atomic E-state index is 0.247. The second-order valence-electron chi connectivity index (χ2n) is 5.35. The fraction of sp³-hybridized carbons (Fsp3) is 0.0500. The Morgan fingerprint density at radius 2 is 1.67 bits per heavy atom. The molecule has 24 heavy (non-hydrogen) atoms. The number of benzene rings is 2. The number of rotatable bonds is 4. The number of aryl methyl sites for hydroxylation is 1. The summed E-state index contributed by atoms with van der Waals surface area (Å²) in [4.78, 5) is 16.7. The van der Waals surface area contributed by atoms with E-state index in [0.29, 0.717) is 17.0 Å². The van der Waals surface area contributed by atoms with Crippen molar-refractivity contribution in [1.29, 1.82) is 0 Å². The first-order valence-electron chi connectivity index (χ1n) is 7.65. The van der Waals surface area contributed by atoms with Crippen molar-refractivity contribution in [1.82, 2.24) is 10.4 Å². The number of hydrazone groups is 1. The van der Waals surface area contributed by atoms with Gasteiger partial charge in [-0.1, -0.05) is 54.1 Å². The number of hydrogen-bond acceptors (Lipinski definition) is 3. The van der Waals surface area contributed by atoms with Gasteiger partial charge < -0.3 is 0 Å². The molecular formula is C20H17N3O. The Morgan fingerprint density at radius 1 is 0.917 bits per heavy atom. The summed E-state index contributed by atoms with van der Waals surface area (Å²) in [6.45, 7) is 1.95. The zero-order valence-corrected chi connectivity index (χ0v) is 13.3. The molecule has 3 aromatic rings. The molecule has 4 heteroatoms. The first-order chi connectivity index (χ1) is 11.7. The summed E-state index contributed by atoms with van der Waals surface area (Å²) < 4.78 is 0. The van der Waals surface area contributed by atoms with Gasteiger partial charge in [-0.25, -0.2) is 5.43 Å². The maximum Gasteiger partial charge on any atom is 0.271 e. The molecule has 0 aliphatic heterocycles. The monoisotopic (exact) mass is 315 g/mol. The summed E-state index contributed by atoms with van der Waals surface area (Å²) >= 11 is 0. The van der Waals surface area contributed by atoms with Gasteiger partial charge in [-0.3, -0.25) is 9.78 Å². The number of carbonyl (C=O) groups is 1. The molecule has 0 saturated carbocycles. The van der Waals surface area contributed by atoms with Crippen LogP contribution in [0.3, 0.4) is 0 Å². The predicted octanol–water partition coefficient (Wildman–Crippen LogP) is 3.57.